The molecule has 0 aliphatic carbocycles. The summed E-state index contributed by atoms with van der Waals surface area (Å²) in [4.78, 5) is 14.8. The molecule has 122 valence electrons. The van der Waals surface area contributed by atoms with E-state index in [2.05, 4.69) is 35.4 Å². The number of aromatic nitrogens is 2. The fourth-order valence-electron chi connectivity index (χ4n) is 3.57. The lowest BCUT2D eigenvalue weighted by Gasteiger charge is -2.34. The quantitative estimate of drug-likeness (QED) is 0.870. The minimum Gasteiger partial charge on any atom is -0.341 e. The molecule has 1 atom stereocenters. The third-order valence-electron chi connectivity index (χ3n) is 4.85. The first-order chi connectivity index (χ1) is 11.1. The van der Waals surface area contributed by atoms with Gasteiger partial charge in [0.05, 0.1) is 5.69 Å². The number of piperidine rings is 1. The zero-order chi connectivity index (χ0) is 16.4. The smallest absolute Gasteiger partial charge is 0.247 e. The Hall–Kier alpha value is -2.10. The molecule has 2 heterocycles. The van der Waals surface area contributed by atoms with Crippen LogP contribution >= 0.6 is 0 Å². The summed E-state index contributed by atoms with van der Waals surface area (Å²) in [6.07, 6.45) is 2.08. The predicted molar refractivity (Wildman–Crippen MR) is 91.4 cm³/mol. The molecule has 1 aromatic heterocycles. The number of carbonyl (C=O) groups is 1. The van der Waals surface area contributed by atoms with Crippen LogP contribution in [0.4, 0.5) is 0 Å². The Morgan fingerprint density at radius 2 is 1.83 bits per heavy atom. The fourth-order valence-corrected chi connectivity index (χ4v) is 3.57. The highest BCUT2D eigenvalue weighted by atomic mass is 16.2. The number of hydrogen-bond donors (Lipinski definition) is 0. The third kappa shape index (κ3) is 3.31. The van der Waals surface area contributed by atoms with Crippen molar-refractivity contribution in [1.29, 1.82) is 0 Å². The van der Waals surface area contributed by atoms with E-state index in [-0.39, 0.29) is 11.9 Å². The highest BCUT2D eigenvalue weighted by molar-refractivity contribution is 5.80. The van der Waals surface area contributed by atoms with Gasteiger partial charge in [0.1, 0.15) is 6.04 Å². The summed E-state index contributed by atoms with van der Waals surface area (Å²) in [5, 5.41) is 4.46. The number of aryl methyl sites for hydroxylation is 2. The molecule has 2 aromatic rings. The SMILES string of the molecule is Cc1cc(C)n(C(C)C(=O)N2CCC(c3ccccc3)CC2)n1. The molecule has 4 heteroatoms. The maximum Gasteiger partial charge on any atom is 0.247 e. The summed E-state index contributed by atoms with van der Waals surface area (Å²) in [6.45, 7) is 7.59. The van der Waals surface area contributed by atoms with Crippen molar-refractivity contribution in [1.82, 2.24) is 14.7 Å². The van der Waals surface area contributed by atoms with Crippen LogP contribution in [0, 0.1) is 13.8 Å². The molecular formula is C19H25N3O. The van der Waals surface area contributed by atoms with Gasteiger partial charge in [-0.2, -0.15) is 5.10 Å². The number of carbonyl (C=O) groups excluding carboxylic acids is 1. The number of rotatable bonds is 3. The van der Waals surface area contributed by atoms with Crippen LogP contribution in [-0.2, 0) is 4.79 Å². The average Bonchev–Trinajstić information content (AvgIpc) is 2.93. The van der Waals surface area contributed by atoms with E-state index in [1.807, 2.05) is 36.4 Å². The van der Waals surface area contributed by atoms with Crippen molar-refractivity contribution < 1.29 is 4.79 Å². The first kappa shape index (κ1) is 15.8. The molecule has 3 rings (SSSR count). The number of hydrogen-bond acceptors (Lipinski definition) is 2. The molecule has 1 unspecified atom stereocenters. The Morgan fingerprint density at radius 3 is 2.39 bits per heavy atom. The van der Waals surface area contributed by atoms with Crippen LogP contribution in [0.1, 0.15) is 48.7 Å². The largest absolute Gasteiger partial charge is 0.341 e. The van der Waals surface area contributed by atoms with Gasteiger partial charge in [0.25, 0.3) is 0 Å². The summed E-state index contributed by atoms with van der Waals surface area (Å²) < 4.78 is 1.85. The Kier molecular flexibility index (Phi) is 4.51. The molecule has 0 spiro atoms. The van der Waals surface area contributed by atoms with Crippen molar-refractivity contribution in [2.45, 2.75) is 45.6 Å². The lowest BCUT2D eigenvalue weighted by atomic mass is 9.89. The van der Waals surface area contributed by atoms with Gasteiger partial charge in [-0.3, -0.25) is 9.48 Å². The lowest BCUT2D eigenvalue weighted by molar-refractivity contribution is -0.135. The van der Waals surface area contributed by atoms with Crippen LogP contribution in [0.15, 0.2) is 36.4 Å². The van der Waals surface area contributed by atoms with Gasteiger partial charge in [-0.15, -0.1) is 0 Å². The topological polar surface area (TPSA) is 38.1 Å². The third-order valence-corrected chi connectivity index (χ3v) is 4.85. The van der Waals surface area contributed by atoms with E-state index in [0.29, 0.717) is 5.92 Å². The van der Waals surface area contributed by atoms with Gasteiger partial charge >= 0.3 is 0 Å². The second-order valence-corrected chi connectivity index (χ2v) is 6.56. The second-order valence-electron chi connectivity index (χ2n) is 6.56. The summed E-state index contributed by atoms with van der Waals surface area (Å²) in [5.41, 5.74) is 3.40. The molecule has 1 aliphatic rings. The van der Waals surface area contributed by atoms with Gasteiger partial charge in [0, 0.05) is 18.8 Å². The van der Waals surface area contributed by atoms with Crippen LogP contribution < -0.4 is 0 Å². The minimum atomic E-state index is -0.225. The van der Waals surface area contributed by atoms with Gasteiger partial charge < -0.3 is 4.90 Å². The molecule has 1 aromatic carbocycles. The van der Waals surface area contributed by atoms with Crippen molar-refractivity contribution in [3.05, 3.63) is 53.3 Å². The molecule has 0 radical (unpaired) electrons. The number of benzene rings is 1. The molecule has 1 aliphatic heterocycles. The molecule has 1 saturated heterocycles. The molecule has 0 saturated carbocycles. The van der Waals surface area contributed by atoms with Gasteiger partial charge in [0.15, 0.2) is 0 Å². The number of amides is 1. The highest BCUT2D eigenvalue weighted by Gasteiger charge is 2.28. The summed E-state index contributed by atoms with van der Waals surface area (Å²) in [5.74, 6) is 0.756. The molecule has 1 fully saturated rings. The normalized spacial score (nSPS) is 17.3. The highest BCUT2D eigenvalue weighted by Crippen LogP contribution is 2.28. The Morgan fingerprint density at radius 1 is 1.17 bits per heavy atom. The Bertz CT molecular complexity index is 669. The van der Waals surface area contributed by atoms with E-state index < -0.39 is 0 Å². The van der Waals surface area contributed by atoms with Crippen molar-refractivity contribution in [3.63, 3.8) is 0 Å². The first-order valence-corrected chi connectivity index (χ1v) is 8.42. The second kappa shape index (κ2) is 6.57. The van der Waals surface area contributed by atoms with Gasteiger partial charge in [0.2, 0.25) is 5.91 Å². The Labute approximate surface area is 138 Å². The van der Waals surface area contributed by atoms with Crippen LogP contribution in [0.25, 0.3) is 0 Å². The summed E-state index contributed by atoms with van der Waals surface area (Å²) >= 11 is 0. The molecule has 4 nitrogen and oxygen atoms in total. The molecule has 0 bridgehead atoms. The maximum absolute atomic E-state index is 12.8. The van der Waals surface area contributed by atoms with Crippen LogP contribution in [0.2, 0.25) is 0 Å². The van der Waals surface area contributed by atoms with Crippen LogP contribution in [-0.4, -0.2) is 33.7 Å². The zero-order valence-electron chi connectivity index (χ0n) is 14.2. The van der Waals surface area contributed by atoms with E-state index in [9.17, 15) is 4.79 Å². The fraction of sp³-hybridized carbons (Fsp3) is 0.474. The molecular weight excluding hydrogens is 286 g/mol. The van der Waals surface area contributed by atoms with Crippen molar-refractivity contribution in [2.24, 2.45) is 0 Å². The average molecular weight is 311 g/mol. The van der Waals surface area contributed by atoms with Gasteiger partial charge in [-0.25, -0.2) is 0 Å². The predicted octanol–water partition coefficient (Wildman–Crippen LogP) is 3.47. The van der Waals surface area contributed by atoms with E-state index >= 15 is 0 Å². The Balaban J connectivity index is 1.63. The maximum atomic E-state index is 12.8. The van der Waals surface area contributed by atoms with Gasteiger partial charge in [-0.1, -0.05) is 30.3 Å². The summed E-state index contributed by atoms with van der Waals surface area (Å²) in [7, 11) is 0. The van der Waals surface area contributed by atoms with Crippen molar-refractivity contribution in [3.8, 4) is 0 Å². The summed E-state index contributed by atoms with van der Waals surface area (Å²) in [6, 6.07) is 12.4. The zero-order valence-corrected chi connectivity index (χ0v) is 14.2. The monoisotopic (exact) mass is 311 g/mol. The molecule has 0 N–H and O–H groups in total. The number of likely N-dealkylation sites (tertiary alicyclic amines) is 1. The minimum absolute atomic E-state index is 0.183. The molecule has 1 amide bonds. The number of nitrogens with zero attached hydrogens (tertiary/aromatic N) is 3. The molecule has 23 heavy (non-hydrogen) atoms. The lowest BCUT2D eigenvalue weighted by Crippen LogP contribution is -2.41. The van der Waals surface area contributed by atoms with E-state index in [4.69, 9.17) is 0 Å². The van der Waals surface area contributed by atoms with Crippen molar-refractivity contribution >= 4 is 5.91 Å². The first-order valence-electron chi connectivity index (χ1n) is 8.42. The van der Waals surface area contributed by atoms with Gasteiger partial charge in [-0.05, 0) is 51.2 Å². The van der Waals surface area contributed by atoms with E-state index in [0.717, 1.165) is 37.3 Å². The standard InChI is InChI=1S/C19H25N3O/c1-14-13-15(2)22(20-14)16(3)19(23)21-11-9-18(10-12-21)17-7-5-4-6-8-17/h4-8,13,16,18H,9-12H2,1-3H3. The van der Waals surface area contributed by atoms with Crippen LogP contribution in [0.3, 0.4) is 0 Å². The van der Waals surface area contributed by atoms with E-state index in [1.165, 1.54) is 5.56 Å². The van der Waals surface area contributed by atoms with Crippen molar-refractivity contribution in [2.75, 3.05) is 13.1 Å². The van der Waals surface area contributed by atoms with Crippen LogP contribution in [0.5, 0.6) is 0 Å². The van der Waals surface area contributed by atoms with E-state index in [1.54, 1.807) is 0 Å².